The molecule has 0 fully saturated rings. The Bertz CT molecular complexity index is 270. The van der Waals surface area contributed by atoms with E-state index in [1.54, 1.807) is 13.3 Å². The summed E-state index contributed by atoms with van der Waals surface area (Å²) in [7, 11) is -3.42. The summed E-state index contributed by atoms with van der Waals surface area (Å²) in [6.45, 7) is 5.89. The fraction of sp³-hybridized carbons (Fsp3) is 0.889. The monoisotopic (exact) mass is 234 g/mol. The van der Waals surface area contributed by atoms with Crippen molar-refractivity contribution in [3.05, 3.63) is 0 Å². The lowest BCUT2D eigenvalue weighted by Crippen LogP contribution is -2.24. The quantitative estimate of drug-likeness (QED) is 0.704. The highest BCUT2D eigenvalue weighted by Gasteiger charge is 2.23. The van der Waals surface area contributed by atoms with Crippen molar-refractivity contribution in [1.29, 1.82) is 0 Å². The first kappa shape index (κ1) is 12.7. The van der Waals surface area contributed by atoms with Gasteiger partial charge in [0, 0.05) is 13.1 Å². The molecule has 6 heteroatoms. The first-order valence-corrected chi connectivity index (χ1v) is 7.04. The van der Waals surface area contributed by atoms with Crippen molar-refractivity contribution in [2.24, 2.45) is 4.99 Å². The Kier molecular flexibility index (Phi) is 4.77. The van der Waals surface area contributed by atoms with E-state index in [9.17, 15) is 9.46 Å². The van der Waals surface area contributed by atoms with Crippen LogP contribution < -0.4 is 0 Å². The minimum Gasteiger partial charge on any atom is -0.360 e. The molecule has 15 heavy (non-hydrogen) atoms. The highest BCUT2D eigenvalue weighted by molar-refractivity contribution is 7.52. The van der Waals surface area contributed by atoms with Crippen LogP contribution in [0.5, 0.6) is 0 Å². The standard InChI is InChI=1S/C9H19N2O3P/c1-3-9(2)14-15(12,13)7-6-11-5-4-10-8-11/h8-9H,3-7H2,1-2H3,(H,12,13). The van der Waals surface area contributed by atoms with Gasteiger partial charge in [-0.2, -0.15) is 0 Å². The van der Waals surface area contributed by atoms with Crippen molar-refractivity contribution in [3.8, 4) is 0 Å². The highest BCUT2D eigenvalue weighted by atomic mass is 31.2. The first-order chi connectivity index (χ1) is 7.03. The molecular formula is C9H19N2O3P. The molecule has 5 nitrogen and oxygen atoms in total. The number of nitrogens with zero attached hydrogens (tertiary/aromatic N) is 2. The predicted molar refractivity (Wildman–Crippen MR) is 60.5 cm³/mol. The number of aliphatic imine (C=N–C) groups is 1. The molecule has 88 valence electrons. The second-order valence-electron chi connectivity index (χ2n) is 3.74. The minimum atomic E-state index is -3.42. The van der Waals surface area contributed by atoms with E-state index in [2.05, 4.69) is 4.99 Å². The summed E-state index contributed by atoms with van der Waals surface area (Å²) in [5.41, 5.74) is 0. The van der Waals surface area contributed by atoms with Gasteiger partial charge in [-0.3, -0.25) is 9.56 Å². The lowest BCUT2D eigenvalue weighted by atomic mass is 10.3. The van der Waals surface area contributed by atoms with Gasteiger partial charge >= 0.3 is 7.60 Å². The van der Waals surface area contributed by atoms with Crippen LogP contribution in [0.3, 0.4) is 0 Å². The molecule has 1 aliphatic rings. The molecule has 0 bridgehead atoms. The zero-order valence-electron chi connectivity index (χ0n) is 9.30. The van der Waals surface area contributed by atoms with Crippen molar-refractivity contribution < 1.29 is 14.0 Å². The van der Waals surface area contributed by atoms with E-state index in [-0.39, 0.29) is 12.3 Å². The molecule has 1 heterocycles. The molecule has 2 unspecified atom stereocenters. The fourth-order valence-electron chi connectivity index (χ4n) is 1.25. The second-order valence-corrected chi connectivity index (χ2v) is 5.68. The van der Waals surface area contributed by atoms with Crippen LogP contribution in [0, 0.1) is 0 Å². The van der Waals surface area contributed by atoms with Gasteiger partial charge in [0.05, 0.1) is 25.1 Å². The van der Waals surface area contributed by atoms with Crippen LogP contribution in [0.1, 0.15) is 20.3 Å². The van der Waals surface area contributed by atoms with E-state index in [0.29, 0.717) is 6.54 Å². The van der Waals surface area contributed by atoms with Crippen molar-refractivity contribution in [2.75, 3.05) is 25.8 Å². The summed E-state index contributed by atoms with van der Waals surface area (Å²) in [6.07, 6.45) is 2.48. The molecule has 0 saturated heterocycles. The maximum absolute atomic E-state index is 11.6. The number of hydrogen-bond donors (Lipinski definition) is 1. The molecule has 0 spiro atoms. The van der Waals surface area contributed by atoms with Crippen LogP contribution in [0.15, 0.2) is 4.99 Å². The van der Waals surface area contributed by atoms with Gasteiger partial charge in [0.15, 0.2) is 0 Å². The molecule has 0 aromatic carbocycles. The van der Waals surface area contributed by atoms with Gasteiger partial charge < -0.3 is 14.3 Å². The molecule has 1 N–H and O–H groups in total. The summed E-state index contributed by atoms with van der Waals surface area (Å²) in [5, 5.41) is 0. The van der Waals surface area contributed by atoms with Gasteiger partial charge in [0.1, 0.15) is 0 Å². The summed E-state index contributed by atoms with van der Waals surface area (Å²) in [5.74, 6) is 0. The Morgan fingerprint density at radius 3 is 3.00 bits per heavy atom. The zero-order valence-corrected chi connectivity index (χ0v) is 10.2. The molecule has 0 amide bonds. The van der Waals surface area contributed by atoms with Gasteiger partial charge in [-0.15, -0.1) is 0 Å². The molecular weight excluding hydrogens is 215 g/mol. The lowest BCUT2D eigenvalue weighted by Gasteiger charge is -2.19. The van der Waals surface area contributed by atoms with Gasteiger partial charge in [-0.25, -0.2) is 0 Å². The molecule has 2 atom stereocenters. The maximum Gasteiger partial charge on any atom is 0.330 e. The fourth-order valence-corrected chi connectivity index (χ4v) is 2.58. The van der Waals surface area contributed by atoms with Gasteiger partial charge in [0.25, 0.3) is 0 Å². The Labute approximate surface area is 90.7 Å². The summed E-state index contributed by atoms with van der Waals surface area (Å²) < 4.78 is 16.7. The Morgan fingerprint density at radius 1 is 1.73 bits per heavy atom. The van der Waals surface area contributed by atoms with E-state index in [1.807, 2.05) is 11.8 Å². The summed E-state index contributed by atoms with van der Waals surface area (Å²) in [6, 6.07) is 0. The van der Waals surface area contributed by atoms with Crippen LogP contribution in [0.25, 0.3) is 0 Å². The molecule has 0 aromatic rings. The van der Waals surface area contributed by atoms with Crippen LogP contribution in [0.2, 0.25) is 0 Å². The van der Waals surface area contributed by atoms with Gasteiger partial charge in [-0.05, 0) is 13.3 Å². The maximum atomic E-state index is 11.6. The van der Waals surface area contributed by atoms with E-state index in [0.717, 1.165) is 19.5 Å². The third-order valence-corrected chi connectivity index (χ3v) is 3.81. The smallest absolute Gasteiger partial charge is 0.330 e. The molecule has 0 aromatic heterocycles. The number of rotatable bonds is 6. The Morgan fingerprint density at radius 2 is 2.47 bits per heavy atom. The van der Waals surface area contributed by atoms with E-state index >= 15 is 0 Å². The van der Waals surface area contributed by atoms with Crippen LogP contribution in [-0.4, -0.2) is 48.0 Å². The van der Waals surface area contributed by atoms with E-state index < -0.39 is 7.60 Å². The van der Waals surface area contributed by atoms with Crippen molar-refractivity contribution >= 4 is 13.9 Å². The zero-order chi connectivity index (χ0) is 11.3. The average molecular weight is 234 g/mol. The van der Waals surface area contributed by atoms with Gasteiger partial charge in [-0.1, -0.05) is 6.92 Å². The van der Waals surface area contributed by atoms with Crippen LogP contribution >= 0.6 is 7.60 Å². The van der Waals surface area contributed by atoms with Crippen molar-refractivity contribution in [2.45, 2.75) is 26.4 Å². The molecule has 1 rings (SSSR count). The Balaban J connectivity index is 2.28. The topological polar surface area (TPSA) is 62.1 Å². The van der Waals surface area contributed by atoms with Gasteiger partial charge in [0.2, 0.25) is 0 Å². The molecule has 0 aliphatic carbocycles. The lowest BCUT2D eigenvalue weighted by molar-refractivity contribution is 0.184. The Hall–Kier alpha value is -0.380. The first-order valence-electron chi connectivity index (χ1n) is 5.27. The molecule has 0 radical (unpaired) electrons. The second kappa shape index (κ2) is 5.64. The molecule has 1 aliphatic heterocycles. The summed E-state index contributed by atoms with van der Waals surface area (Å²) in [4.78, 5) is 15.5. The van der Waals surface area contributed by atoms with Crippen LogP contribution in [0.4, 0.5) is 0 Å². The summed E-state index contributed by atoms with van der Waals surface area (Å²) >= 11 is 0. The molecule has 0 saturated carbocycles. The number of hydrogen-bond acceptors (Lipinski definition) is 4. The van der Waals surface area contributed by atoms with Crippen molar-refractivity contribution in [3.63, 3.8) is 0 Å². The van der Waals surface area contributed by atoms with Crippen molar-refractivity contribution in [1.82, 2.24) is 4.90 Å². The van der Waals surface area contributed by atoms with Crippen LogP contribution in [-0.2, 0) is 9.09 Å². The minimum absolute atomic E-state index is 0.159. The highest BCUT2D eigenvalue weighted by Crippen LogP contribution is 2.43. The third kappa shape index (κ3) is 4.78. The van der Waals surface area contributed by atoms with E-state index in [4.69, 9.17) is 4.52 Å². The normalized spacial score (nSPS) is 21.7. The van der Waals surface area contributed by atoms with E-state index in [1.165, 1.54) is 0 Å². The average Bonchev–Trinajstić information content (AvgIpc) is 2.66. The third-order valence-electron chi connectivity index (χ3n) is 2.35. The predicted octanol–water partition coefficient (Wildman–Crippen LogP) is 1.33. The largest absolute Gasteiger partial charge is 0.360 e. The SMILES string of the molecule is CCC(C)OP(=O)(O)CCN1C=NCC1.